The molecule has 2 aromatic rings. The van der Waals surface area contributed by atoms with E-state index in [9.17, 15) is 14.4 Å². The number of aromatic amines is 2. The van der Waals surface area contributed by atoms with E-state index in [0.717, 1.165) is 46.3 Å². The fourth-order valence-electron chi connectivity index (χ4n) is 3.69. The van der Waals surface area contributed by atoms with E-state index in [-0.39, 0.29) is 12.4 Å². The molecule has 2 rings (SSSR count). The summed E-state index contributed by atoms with van der Waals surface area (Å²) in [5.41, 5.74) is 5.76. The highest BCUT2D eigenvalue weighted by molar-refractivity contribution is 5.90. The van der Waals surface area contributed by atoms with E-state index in [4.69, 9.17) is 9.47 Å². The second-order valence-electron chi connectivity index (χ2n) is 8.43. The van der Waals surface area contributed by atoms with Gasteiger partial charge in [0.15, 0.2) is 6.29 Å². The molecule has 0 saturated carbocycles. The van der Waals surface area contributed by atoms with E-state index in [1.165, 1.54) is 7.11 Å². The Kier molecular flexibility index (Phi) is 7.29. The molecule has 0 aliphatic rings. The van der Waals surface area contributed by atoms with Gasteiger partial charge in [-0.05, 0) is 69.7 Å². The average molecular weight is 417 g/mol. The molecule has 2 N–H and O–H groups in total. The minimum absolute atomic E-state index is 0.208. The van der Waals surface area contributed by atoms with E-state index in [1.807, 2.05) is 41.5 Å². The Hall–Kier alpha value is -2.83. The summed E-state index contributed by atoms with van der Waals surface area (Å²) in [4.78, 5) is 42.2. The van der Waals surface area contributed by atoms with Gasteiger partial charge in [-0.25, -0.2) is 4.79 Å². The fraction of sp³-hybridized carbons (Fsp3) is 0.522. The van der Waals surface area contributed by atoms with Crippen LogP contribution >= 0.6 is 0 Å². The van der Waals surface area contributed by atoms with Gasteiger partial charge in [0.25, 0.3) is 0 Å². The molecule has 0 aromatic carbocycles. The summed E-state index contributed by atoms with van der Waals surface area (Å²) in [6.45, 7) is 11.3. The molecule has 0 aliphatic heterocycles. The number of H-pyrrole nitrogens is 2. The lowest BCUT2D eigenvalue weighted by molar-refractivity contribution is -0.140. The van der Waals surface area contributed by atoms with Gasteiger partial charge < -0.3 is 19.4 Å². The number of ether oxygens (including phenoxy) is 2. The number of nitrogens with one attached hydrogen (secondary N) is 2. The minimum Gasteiger partial charge on any atom is -0.469 e. The lowest BCUT2D eigenvalue weighted by Crippen LogP contribution is -2.24. The highest BCUT2D eigenvalue weighted by atomic mass is 16.6. The lowest BCUT2D eigenvalue weighted by Gasteiger charge is -2.19. The summed E-state index contributed by atoms with van der Waals surface area (Å²) in [7, 11) is 1.36. The van der Waals surface area contributed by atoms with Gasteiger partial charge in [0, 0.05) is 24.2 Å². The predicted octanol–water partition coefficient (Wildman–Crippen LogP) is 3.99. The standard InChI is InChI=1S/C23H32N2O5/c1-8-15-13(2)19(12-26)24-17(15)11-18-16(9-10-20(27)29-7)14(3)21(25-18)22(28)30-23(4,5)6/h12,24-25H,8-11H2,1-7H3. The van der Waals surface area contributed by atoms with Crippen molar-refractivity contribution in [1.82, 2.24) is 9.97 Å². The van der Waals surface area contributed by atoms with Gasteiger partial charge in [0.2, 0.25) is 0 Å². The Labute approximate surface area is 177 Å². The number of hydrogen-bond acceptors (Lipinski definition) is 5. The molecule has 30 heavy (non-hydrogen) atoms. The first-order valence-electron chi connectivity index (χ1n) is 10.2. The predicted molar refractivity (Wildman–Crippen MR) is 114 cm³/mol. The van der Waals surface area contributed by atoms with E-state index in [0.29, 0.717) is 24.2 Å². The van der Waals surface area contributed by atoms with E-state index in [2.05, 4.69) is 9.97 Å². The molecule has 0 bridgehead atoms. The number of carbonyl (C=O) groups is 3. The molecular formula is C23H32N2O5. The summed E-state index contributed by atoms with van der Waals surface area (Å²) < 4.78 is 10.3. The number of rotatable bonds is 8. The van der Waals surface area contributed by atoms with Gasteiger partial charge in [-0.1, -0.05) is 6.92 Å². The average Bonchev–Trinajstić information content (AvgIpc) is 3.14. The van der Waals surface area contributed by atoms with Crippen molar-refractivity contribution in [3.05, 3.63) is 45.0 Å². The Balaban J connectivity index is 2.48. The first kappa shape index (κ1) is 23.4. The summed E-state index contributed by atoms with van der Waals surface area (Å²) in [5.74, 6) is -0.744. The Morgan fingerprint density at radius 1 is 1.03 bits per heavy atom. The van der Waals surface area contributed by atoms with Crippen LogP contribution in [0, 0.1) is 13.8 Å². The van der Waals surface area contributed by atoms with Gasteiger partial charge in [-0.2, -0.15) is 0 Å². The first-order chi connectivity index (χ1) is 14.0. The van der Waals surface area contributed by atoms with Crippen molar-refractivity contribution in [2.24, 2.45) is 0 Å². The quantitative estimate of drug-likeness (QED) is 0.501. The number of carbonyl (C=O) groups excluding carboxylic acids is 3. The molecule has 0 atom stereocenters. The first-order valence-corrected chi connectivity index (χ1v) is 10.2. The molecule has 7 nitrogen and oxygen atoms in total. The van der Waals surface area contributed by atoms with E-state index >= 15 is 0 Å². The van der Waals surface area contributed by atoms with Crippen LogP contribution in [0.1, 0.15) is 88.7 Å². The molecule has 2 heterocycles. The zero-order valence-electron chi connectivity index (χ0n) is 18.9. The minimum atomic E-state index is -0.619. The summed E-state index contributed by atoms with van der Waals surface area (Å²) >= 11 is 0. The van der Waals surface area contributed by atoms with E-state index < -0.39 is 11.6 Å². The highest BCUT2D eigenvalue weighted by Gasteiger charge is 2.25. The smallest absolute Gasteiger partial charge is 0.355 e. The maximum atomic E-state index is 12.7. The van der Waals surface area contributed by atoms with Crippen LogP contribution in [0.5, 0.6) is 0 Å². The van der Waals surface area contributed by atoms with Gasteiger partial charge in [0.1, 0.15) is 11.3 Å². The summed E-state index contributed by atoms with van der Waals surface area (Å²) in [5, 5.41) is 0. The highest BCUT2D eigenvalue weighted by Crippen LogP contribution is 2.27. The van der Waals surface area contributed by atoms with Crippen LogP contribution < -0.4 is 0 Å². The van der Waals surface area contributed by atoms with Crippen LogP contribution in [-0.4, -0.2) is 40.9 Å². The van der Waals surface area contributed by atoms with Crippen molar-refractivity contribution in [3.8, 4) is 0 Å². The van der Waals surface area contributed by atoms with Crippen LogP contribution in [-0.2, 0) is 33.5 Å². The summed E-state index contributed by atoms with van der Waals surface area (Å²) in [6.07, 6.45) is 2.73. The number of esters is 2. The Morgan fingerprint density at radius 3 is 2.20 bits per heavy atom. The molecule has 164 valence electrons. The molecule has 0 aliphatic carbocycles. The molecule has 0 amide bonds. The molecule has 0 unspecified atom stereocenters. The van der Waals surface area contributed by atoms with E-state index in [1.54, 1.807) is 0 Å². The molecule has 0 spiro atoms. The molecule has 7 heteroatoms. The normalized spacial score (nSPS) is 11.4. The zero-order chi connectivity index (χ0) is 22.6. The third-order valence-corrected chi connectivity index (χ3v) is 5.21. The van der Waals surface area contributed by atoms with Gasteiger partial charge in [0.05, 0.1) is 12.8 Å². The maximum absolute atomic E-state index is 12.7. The number of methoxy groups -OCH3 is 1. The van der Waals surface area contributed by atoms with Crippen molar-refractivity contribution in [2.75, 3.05) is 7.11 Å². The second kappa shape index (κ2) is 9.32. The zero-order valence-corrected chi connectivity index (χ0v) is 18.9. The molecule has 0 radical (unpaired) electrons. The lowest BCUT2D eigenvalue weighted by atomic mass is 9.99. The van der Waals surface area contributed by atoms with Crippen molar-refractivity contribution >= 4 is 18.2 Å². The number of aromatic nitrogens is 2. The van der Waals surface area contributed by atoms with Crippen LogP contribution in [0.2, 0.25) is 0 Å². The molecule has 0 fully saturated rings. The molecule has 0 saturated heterocycles. The van der Waals surface area contributed by atoms with Gasteiger partial charge in [-0.15, -0.1) is 0 Å². The van der Waals surface area contributed by atoms with Crippen LogP contribution in [0.3, 0.4) is 0 Å². The Bertz CT molecular complexity index is 944. The Morgan fingerprint density at radius 2 is 1.67 bits per heavy atom. The number of aldehydes is 1. The van der Waals surface area contributed by atoms with Crippen LogP contribution in [0.15, 0.2) is 0 Å². The maximum Gasteiger partial charge on any atom is 0.355 e. The third-order valence-electron chi connectivity index (χ3n) is 5.21. The van der Waals surface area contributed by atoms with Crippen molar-refractivity contribution in [3.63, 3.8) is 0 Å². The largest absolute Gasteiger partial charge is 0.469 e. The van der Waals surface area contributed by atoms with Crippen molar-refractivity contribution in [1.29, 1.82) is 0 Å². The number of hydrogen-bond donors (Lipinski definition) is 2. The third kappa shape index (κ3) is 5.20. The summed E-state index contributed by atoms with van der Waals surface area (Å²) in [6, 6.07) is 0. The van der Waals surface area contributed by atoms with Crippen LogP contribution in [0.4, 0.5) is 0 Å². The monoisotopic (exact) mass is 416 g/mol. The van der Waals surface area contributed by atoms with Crippen molar-refractivity contribution < 1.29 is 23.9 Å². The SMILES string of the molecule is CCc1c(Cc2[nH]c(C(=O)OC(C)(C)C)c(C)c2CCC(=O)OC)[nH]c(C=O)c1C. The molecular weight excluding hydrogens is 384 g/mol. The van der Waals surface area contributed by atoms with Crippen molar-refractivity contribution in [2.45, 2.75) is 72.8 Å². The van der Waals surface area contributed by atoms with Crippen LogP contribution in [0.25, 0.3) is 0 Å². The topological polar surface area (TPSA) is 101 Å². The van der Waals surface area contributed by atoms with Gasteiger partial charge in [-0.3, -0.25) is 9.59 Å². The second-order valence-corrected chi connectivity index (χ2v) is 8.43. The fourth-order valence-corrected chi connectivity index (χ4v) is 3.69. The molecule has 2 aromatic heterocycles. The van der Waals surface area contributed by atoms with Gasteiger partial charge >= 0.3 is 11.9 Å².